The molecule has 0 aliphatic heterocycles. The van der Waals surface area contributed by atoms with E-state index < -0.39 is 18.6 Å². The van der Waals surface area contributed by atoms with Crippen LogP contribution in [0.4, 0.5) is 13.2 Å². The van der Waals surface area contributed by atoms with Crippen molar-refractivity contribution in [3.05, 3.63) is 60.2 Å². The summed E-state index contributed by atoms with van der Waals surface area (Å²) >= 11 is 0. The normalized spacial score (nSPS) is 11.8. The predicted octanol–water partition coefficient (Wildman–Crippen LogP) is 3.97. The van der Waals surface area contributed by atoms with E-state index in [1.54, 1.807) is 36.4 Å². The van der Waals surface area contributed by atoms with E-state index in [1.807, 2.05) is 0 Å². The van der Waals surface area contributed by atoms with Crippen molar-refractivity contribution in [3.8, 4) is 0 Å². The molecule has 23 heavy (non-hydrogen) atoms. The second-order valence-corrected chi connectivity index (χ2v) is 5.13. The van der Waals surface area contributed by atoms with Crippen LogP contribution in [0.3, 0.4) is 0 Å². The highest BCUT2D eigenvalue weighted by Crippen LogP contribution is 2.22. The van der Waals surface area contributed by atoms with Crippen molar-refractivity contribution in [2.24, 2.45) is 0 Å². The Morgan fingerprint density at radius 1 is 1.17 bits per heavy atom. The highest BCUT2D eigenvalue weighted by Gasteiger charge is 2.34. The van der Waals surface area contributed by atoms with Crippen molar-refractivity contribution in [1.82, 2.24) is 9.88 Å². The smallest absolute Gasteiger partial charge is 0.406 e. The summed E-state index contributed by atoms with van der Waals surface area (Å²) in [4.78, 5) is 16.0. The number of benzene rings is 1. The number of alkyl halides is 3. The summed E-state index contributed by atoms with van der Waals surface area (Å²) in [5, 5.41) is 0.765. The molecule has 3 rings (SSSR count). The number of furan rings is 1. The van der Waals surface area contributed by atoms with Gasteiger partial charge in [0.25, 0.3) is 5.91 Å². The number of nitrogens with zero attached hydrogens (tertiary/aromatic N) is 1. The first kappa shape index (κ1) is 15.2. The van der Waals surface area contributed by atoms with E-state index in [9.17, 15) is 18.0 Å². The average molecular weight is 322 g/mol. The van der Waals surface area contributed by atoms with Crippen LogP contribution in [-0.4, -0.2) is 28.5 Å². The van der Waals surface area contributed by atoms with Gasteiger partial charge in [-0.05, 0) is 24.3 Å². The van der Waals surface area contributed by atoms with Crippen LogP contribution in [0.15, 0.2) is 53.1 Å². The molecule has 0 atom stereocenters. The second-order valence-electron chi connectivity index (χ2n) is 5.13. The summed E-state index contributed by atoms with van der Waals surface area (Å²) in [5.41, 5.74) is 0.808. The van der Waals surface area contributed by atoms with Gasteiger partial charge in [0.1, 0.15) is 18.0 Å². The van der Waals surface area contributed by atoms with E-state index >= 15 is 0 Å². The average Bonchev–Trinajstić information content (AvgIpc) is 3.13. The van der Waals surface area contributed by atoms with Crippen LogP contribution in [0, 0.1) is 0 Å². The van der Waals surface area contributed by atoms with Gasteiger partial charge in [-0.25, -0.2) is 0 Å². The van der Waals surface area contributed by atoms with Gasteiger partial charge in [0.2, 0.25) is 0 Å². The van der Waals surface area contributed by atoms with Crippen molar-refractivity contribution in [2.45, 2.75) is 12.7 Å². The van der Waals surface area contributed by atoms with Crippen LogP contribution in [0.25, 0.3) is 10.9 Å². The summed E-state index contributed by atoms with van der Waals surface area (Å²) in [7, 11) is 0. The molecule has 0 saturated heterocycles. The number of hydrogen-bond acceptors (Lipinski definition) is 2. The van der Waals surface area contributed by atoms with Crippen LogP contribution in [0.2, 0.25) is 0 Å². The minimum atomic E-state index is -4.49. The molecule has 1 amide bonds. The van der Waals surface area contributed by atoms with E-state index in [0.717, 1.165) is 5.39 Å². The fraction of sp³-hybridized carbons (Fsp3) is 0.188. The highest BCUT2D eigenvalue weighted by molar-refractivity contribution is 5.98. The molecule has 1 N–H and O–H groups in total. The number of halogens is 3. The van der Waals surface area contributed by atoms with Gasteiger partial charge in [-0.1, -0.05) is 18.2 Å². The number of fused-ring (bicyclic) bond motifs is 1. The molecule has 0 aliphatic rings. The molecule has 2 heterocycles. The molecule has 3 aromatic rings. The standard InChI is InChI=1S/C16H13F3N2O2/c17-16(18,19)10-21(9-12-5-3-7-23-12)15(22)14-8-11-4-1-2-6-13(11)20-14/h1-8,20H,9-10H2. The molecule has 0 spiro atoms. The quantitative estimate of drug-likeness (QED) is 0.790. The van der Waals surface area contributed by atoms with Crippen molar-refractivity contribution in [3.63, 3.8) is 0 Å². The maximum atomic E-state index is 12.8. The third-order valence-corrected chi connectivity index (χ3v) is 3.34. The third kappa shape index (κ3) is 3.56. The number of carbonyl (C=O) groups excluding carboxylic acids is 1. The van der Waals surface area contributed by atoms with Crippen LogP contribution < -0.4 is 0 Å². The Balaban J connectivity index is 1.89. The molecule has 0 unspecified atom stereocenters. The lowest BCUT2D eigenvalue weighted by Crippen LogP contribution is -2.38. The lowest BCUT2D eigenvalue weighted by atomic mass is 10.2. The molecule has 0 radical (unpaired) electrons. The number of carbonyl (C=O) groups is 1. The number of rotatable bonds is 4. The Bertz CT molecular complexity index is 773. The number of H-pyrrole nitrogens is 1. The lowest BCUT2D eigenvalue weighted by Gasteiger charge is -2.22. The van der Waals surface area contributed by atoms with Gasteiger partial charge in [0, 0.05) is 10.9 Å². The molecule has 120 valence electrons. The minimum Gasteiger partial charge on any atom is -0.467 e. The van der Waals surface area contributed by atoms with Gasteiger partial charge in [-0.2, -0.15) is 13.2 Å². The maximum absolute atomic E-state index is 12.8. The molecule has 4 nitrogen and oxygen atoms in total. The third-order valence-electron chi connectivity index (χ3n) is 3.34. The fourth-order valence-electron chi connectivity index (χ4n) is 2.37. The molecular formula is C16H13F3N2O2. The molecule has 0 fully saturated rings. The van der Waals surface area contributed by atoms with Crippen molar-refractivity contribution < 1.29 is 22.4 Å². The van der Waals surface area contributed by atoms with Gasteiger partial charge in [-0.3, -0.25) is 4.79 Å². The van der Waals surface area contributed by atoms with Crippen LogP contribution in [-0.2, 0) is 6.54 Å². The molecule has 2 aromatic heterocycles. The van der Waals surface area contributed by atoms with Gasteiger partial charge in [-0.15, -0.1) is 0 Å². The fourth-order valence-corrected chi connectivity index (χ4v) is 2.37. The molecule has 7 heteroatoms. The summed E-state index contributed by atoms with van der Waals surface area (Å²) in [6.45, 7) is -1.59. The first-order chi connectivity index (χ1) is 10.9. The monoisotopic (exact) mass is 322 g/mol. The number of amides is 1. The minimum absolute atomic E-state index is 0.113. The van der Waals surface area contributed by atoms with Gasteiger partial charge >= 0.3 is 6.18 Å². The predicted molar refractivity (Wildman–Crippen MR) is 77.8 cm³/mol. The topological polar surface area (TPSA) is 49.2 Å². The van der Waals surface area contributed by atoms with Gasteiger partial charge < -0.3 is 14.3 Å². The number of aromatic nitrogens is 1. The highest BCUT2D eigenvalue weighted by atomic mass is 19.4. The van der Waals surface area contributed by atoms with E-state index in [1.165, 1.54) is 12.3 Å². The molecular weight excluding hydrogens is 309 g/mol. The first-order valence-corrected chi connectivity index (χ1v) is 6.88. The van der Waals surface area contributed by atoms with Crippen LogP contribution in [0.5, 0.6) is 0 Å². The Hall–Kier alpha value is -2.70. The largest absolute Gasteiger partial charge is 0.467 e. The van der Waals surface area contributed by atoms with Crippen molar-refractivity contribution in [1.29, 1.82) is 0 Å². The SMILES string of the molecule is O=C(c1cc2ccccc2[nH]1)N(Cc1ccco1)CC(F)(F)F. The lowest BCUT2D eigenvalue weighted by molar-refractivity contribution is -0.142. The Labute approximate surface area is 129 Å². The van der Waals surface area contributed by atoms with Crippen molar-refractivity contribution in [2.75, 3.05) is 6.54 Å². The number of para-hydroxylation sites is 1. The Kier molecular flexibility index (Phi) is 3.85. The zero-order valence-electron chi connectivity index (χ0n) is 11.9. The van der Waals surface area contributed by atoms with Crippen molar-refractivity contribution >= 4 is 16.8 Å². The summed E-state index contributed by atoms with van der Waals surface area (Å²) in [6.07, 6.45) is -3.14. The van der Waals surface area contributed by atoms with E-state index in [2.05, 4.69) is 4.98 Å². The molecule has 1 aromatic carbocycles. The summed E-state index contributed by atoms with van der Waals surface area (Å²) < 4.78 is 43.4. The van der Waals surface area contributed by atoms with E-state index in [4.69, 9.17) is 4.42 Å². The zero-order valence-corrected chi connectivity index (χ0v) is 11.9. The number of aromatic amines is 1. The molecule has 0 saturated carbocycles. The van der Waals surface area contributed by atoms with Gasteiger partial charge in [0.15, 0.2) is 0 Å². The number of hydrogen-bond donors (Lipinski definition) is 1. The van der Waals surface area contributed by atoms with E-state index in [0.29, 0.717) is 16.2 Å². The summed E-state index contributed by atoms with van der Waals surface area (Å²) in [5.74, 6) is -0.436. The van der Waals surface area contributed by atoms with E-state index in [-0.39, 0.29) is 12.2 Å². The molecule has 0 bridgehead atoms. The second kappa shape index (κ2) is 5.83. The number of nitrogens with one attached hydrogen (secondary N) is 1. The zero-order chi connectivity index (χ0) is 16.4. The molecule has 0 aliphatic carbocycles. The maximum Gasteiger partial charge on any atom is 0.406 e. The van der Waals surface area contributed by atoms with Gasteiger partial charge in [0.05, 0.1) is 12.8 Å². The first-order valence-electron chi connectivity index (χ1n) is 6.88. The summed E-state index contributed by atoms with van der Waals surface area (Å²) in [6, 6.07) is 11.7. The van der Waals surface area contributed by atoms with Crippen LogP contribution in [0.1, 0.15) is 16.2 Å². The Morgan fingerprint density at radius 2 is 1.96 bits per heavy atom. The Morgan fingerprint density at radius 3 is 2.61 bits per heavy atom. The van der Waals surface area contributed by atoms with Crippen LogP contribution >= 0.6 is 0 Å².